The Morgan fingerprint density at radius 2 is 0.720 bits per heavy atom. The van der Waals surface area contributed by atoms with Crippen molar-refractivity contribution in [2.45, 2.75) is 25.7 Å². The molecule has 0 saturated heterocycles. The van der Waals surface area contributed by atoms with Crippen LogP contribution in [-0.2, 0) is 25.7 Å². The van der Waals surface area contributed by atoms with Crippen LogP contribution in [0, 0.1) is 0 Å². The number of nitrogens with one attached hydrogen (secondary N) is 2. The van der Waals surface area contributed by atoms with Crippen LogP contribution in [0.4, 0.5) is 0 Å². The molecule has 2 heterocycles. The third kappa shape index (κ3) is 4.12. The zero-order valence-corrected chi connectivity index (χ0v) is 27.4. The second-order valence-corrected chi connectivity index (χ2v) is 13.8. The third-order valence-electron chi connectivity index (χ3n) is 11.0. The minimum Gasteiger partial charge on any atom is -0.337 e. The number of rotatable bonds is 2. The first-order valence-corrected chi connectivity index (χ1v) is 17.6. The van der Waals surface area contributed by atoms with Crippen molar-refractivity contribution < 1.29 is 0 Å². The Labute approximate surface area is 288 Å². The quantitative estimate of drug-likeness (QED) is 0.185. The molecule has 0 saturated carbocycles. The van der Waals surface area contributed by atoms with Crippen molar-refractivity contribution in [3.8, 4) is 22.8 Å². The molecule has 4 aliphatic carbocycles. The normalized spacial score (nSPS) is 13.3. The van der Waals surface area contributed by atoms with Gasteiger partial charge in [-0.05, 0) is 81.6 Å². The molecule has 50 heavy (non-hydrogen) atoms. The first-order chi connectivity index (χ1) is 24.8. The number of H-pyrrole nitrogens is 2. The molecule has 14 rings (SSSR count). The van der Waals surface area contributed by atoms with Gasteiger partial charge in [0.1, 0.15) is 11.6 Å². The number of imidazole rings is 2. The molecule has 0 aliphatic heterocycles. The Balaban J connectivity index is 1.05. The predicted octanol–water partition coefficient (Wildman–Crippen LogP) is 11.3. The monoisotopic (exact) mass is 640 g/mol. The zero-order valence-electron chi connectivity index (χ0n) is 27.4. The van der Waals surface area contributed by atoms with E-state index in [0.29, 0.717) is 0 Å². The molecule has 4 bridgehead atoms. The summed E-state index contributed by atoms with van der Waals surface area (Å²) in [4.78, 5) is 18.3. The van der Waals surface area contributed by atoms with E-state index in [9.17, 15) is 0 Å². The maximum absolute atomic E-state index is 5.34. The minimum atomic E-state index is 0.895. The summed E-state index contributed by atoms with van der Waals surface area (Å²) in [5, 5.41) is 9.79. The second-order valence-electron chi connectivity index (χ2n) is 13.8. The number of aryl methyl sites for hydroxylation is 4. The lowest BCUT2D eigenvalue weighted by atomic mass is 9.90. The Hall–Kier alpha value is -6.26. The van der Waals surface area contributed by atoms with Crippen LogP contribution in [0.3, 0.4) is 0 Å². The smallest absolute Gasteiger partial charge is 0.138 e. The van der Waals surface area contributed by atoms with Gasteiger partial charge in [-0.25, -0.2) is 9.97 Å². The highest BCUT2D eigenvalue weighted by Crippen LogP contribution is 2.39. The maximum atomic E-state index is 5.34. The lowest BCUT2D eigenvalue weighted by Crippen LogP contribution is -2.03. The average molecular weight is 641 g/mol. The van der Waals surface area contributed by atoms with E-state index in [2.05, 4.69) is 143 Å². The van der Waals surface area contributed by atoms with Gasteiger partial charge in [-0.2, -0.15) is 0 Å². The Bertz CT molecular complexity index is 2650. The molecule has 236 valence electrons. The summed E-state index contributed by atoms with van der Waals surface area (Å²) < 4.78 is 0. The van der Waals surface area contributed by atoms with E-state index in [1.54, 1.807) is 0 Å². The molecule has 0 amide bonds. The molecule has 4 heteroatoms. The van der Waals surface area contributed by atoms with Gasteiger partial charge >= 0.3 is 0 Å². The van der Waals surface area contributed by atoms with Crippen LogP contribution in [0.1, 0.15) is 22.3 Å². The lowest BCUT2D eigenvalue weighted by molar-refractivity contribution is 0.921. The summed E-state index contributed by atoms with van der Waals surface area (Å²) in [6.07, 6.45) is 3.69. The number of aromatic nitrogens is 4. The molecule has 2 N–H and O–H groups in total. The predicted molar refractivity (Wildman–Crippen MR) is 208 cm³/mol. The fourth-order valence-electron chi connectivity index (χ4n) is 8.50. The van der Waals surface area contributed by atoms with Crippen LogP contribution in [-0.4, -0.2) is 19.9 Å². The Morgan fingerprint density at radius 3 is 1.14 bits per heavy atom. The molecule has 4 aliphatic rings. The van der Waals surface area contributed by atoms with Gasteiger partial charge < -0.3 is 9.97 Å². The lowest BCUT2D eigenvalue weighted by Gasteiger charge is -2.15. The van der Waals surface area contributed by atoms with Gasteiger partial charge in [0.2, 0.25) is 0 Å². The van der Waals surface area contributed by atoms with Crippen molar-refractivity contribution in [1.29, 1.82) is 0 Å². The maximum Gasteiger partial charge on any atom is 0.138 e. The molecular formula is C46H32N4. The van der Waals surface area contributed by atoms with Gasteiger partial charge in [0.15, 0.2) is 0 Å². The van der Waals surface area contributed by atoms with Gasteiger partial charge in [0.25, 0.3) is 0 Å². The Kier molecular flexibility index (Phi) is 5.88. The van der Waals surface area contributed by atoms with Crippen molar-refractivity contribution in [1.82, 2.24) is 19.9 Å². The van der Waals surface area contributed by atoms with Crippen LogP contribution >= 0.6 is 0 Å². The van der Waals surface area contributed by atoms with Crippen LogP contribution in [0.25, 0.3) is 87.9 Å². The van der Waals surface area contributed by atoms with E-state index < -0.39 is 0 Å². The number of benzene rings is 8. The van der Waals surface area contributed by atoms with Gasteiger partial charge in [-0.15, -0.1) is 0 Å². The van der Waals surface area contributed by atoms with Crippen molar-refractivity contribution in [3.05, 3.63) is 156 Å². The zero-order chi connectivity index (χ0) is 32.8. The number of nitrogens with zero attached hydrogens (tertiary/aromatic N) is 2. The third-order valence-corrected chi connectivity index (χ3v) is 11.0. The van der Waals surface area contributed by atoms with Gasteiger partial charge in [0, 0.05) is 32.7 Å². The van der Waals surface area contributed by atoms with E-state index in [4.69, 9.17) is 9.97 Å². The van der Waals surface area contributed by atoms with Crippen molar-refractivity contribution >= 4 is 65.2 Å². The van der Waals surface area contributed by atoms with E-state index in [0.717, 1.165) is 59.4 Å². The van der Waals surface area contributed by atoms with Crippen molar-refractivity contribution in [3.63, 3.8) is 0 Å². The number of aromatic amines is 2. The summed E-state index contributed by atoms with van der Waals surface area (Å²) >= 11 is 0. The molecule has 2 aromatic heterocycles. The molecule has 0 fully saturated rings. The molecule has 0 atom stereocenters. The minimum absolute atomic E-state index is 0.895. The van der Waals surface area contributed by atoms with Crippen LogP contribution < -0.4 is 0 Å². The highest BCUT2D eigenvalue weighted by atomic mass is 14.9. The van der Waals surface area contributed by atoms with E-state index in [1.807, 2.05) is 0 Å². The first-order valence-electron chi connectivity index (χ1n) is 17.6. The van der Waals surface area contributed by atoms with E-state index in [1.165, 1.54) is 76.5 Å². The summed E-state index contributed by atoms with van der Waals surface area (Å²) in [6.45, 7) is 0. The molecular weight excluding hydrogens is 609 g/mol. The number of fused-ring (bicyclic) bond motifs is 12. The fraction of sp³-hybridized carbons (Fsp3) is 0.0870. The van der Waals surface area contributed by atoms with Crippen LogP contribution in [0.2, 0.25) is 0 Å². The first kappa shape index (κ1) is 27.7. The van der Waals surface area contributed by atoms with E-state index >= 15 is 0 Å². The molecule has 0 radical (unpaired) electrons. The van der Waals surface area contributed by atoms with Crippen molar-refractivity contribution in [2.75, 3.05) is 0 Å². The van der Waals surface area contributed by atoms with Gasteiger partial charge in [-0.1, -0.05) is 121 Å². The molecule has 10 aromatic rings. The van der Waals surface area contributed by atoms with Crippen LogP contribution in [0.5, 0.6) is 0 Å². The van der Waals surface area contributed by atoms with E-state index in [-0.39, 0.29) is 0 Å². The summed E-state index contributed by atoms with van der Waals surface area (Å²) in [7, 11) is 0. The number of hydrogen-bond acceptors (Lipinski definition) is 2. The summed E-state index contributed by atoms with van der Waals surface area (Å²) in [5.74, 6) is 1.89. The average Bonchev–Trinajstić information content (AvgIpc) is 3.83. The second kappa shape index (κ2) is 10.6. The Morgan fingerprint density at radius 1 is 0.360 bits per heavy atom. The molecule has 8 aromatic carbocycles. The van der Waals surface area contributed by atoms with Crippen molar-refractivity contribution in [2.24, 2.45) is 0 Å². The standard InChI is InChI=1S/C46H32N4/c1-5-13-35-31(9-1)32-10-2-6-14-36(32)42-41(35)47-45(48-42)39-25-27-17-18-28-20-22-30(24-23-29(39)21-19-27)40(26-28)46-49-43-37-15-7-3-11-33(37)34-12-4-8-16-38(34)44(43)50-46/h1-16,19-22,25-26H,17-18,23-24H2,(H,47,48)(H,49,50). The number of hydrogen-bond donors (Lipinski definition) is 2. The molecule has 0 unspecified atom stereocenters. The summed E-state index contributed by atoms with van der Waals surface area (Å²) in [6, 6.07) is 48.7. The highest BCUT2D eigenvalue weighted by molar-refractivity contribution is 6.24. The van der Waals surface area contributed by atoms with Gasteiger partial charge in [0.05, 0.1) is 22.1 Å². The van der Waals surface area contributed by atoms with Gasteiger partial charge in [-0.3, -0.25) is 0 Å². The highest BCUT2D eigenvalue weighted by Gasteiger charge is 2.20. The summed E-state index contributed by atoms with van der Waals surface area (Å²) in [5.41, 5.74) is 11.9. The van der Waals surface area contributed by atoms with Crippen LogP contribution in [0.15, 0.2) is 133 Å². The molecule has 0 spiro atoms. The SMILES string of the molecule is c1ccc2c(c1)c1ccccc1c1[nH]c(-c3cc4ccc3CCc3ccc(cc3-c3nc5c6ccccc6c6ccccc6c5[nH]3)CC4)nc21. The fourth-order valence-corrected chi connectivity index (χ4v) is 8.50. The topological polar surface area (TPSA) is 57.4 Å². The largest absolute Gasteiger partial charge is 0.337 e. The molecule has 4 nitrogen and oxygen atoms in total.